The van der Waals surface area contributed by atoms with E-state index in [0.717, 1.165) is 56.0 Å². The average Bonchev–Trinajstić information content (AvgIpc) is 2.72. The Labute approximate surface area is 156 Å². The number of amides is 1. The maximum Gasteiger partial charge on any atom is 0.222 e. The molecule has 1 aliphatic rings. The molecule has 1 saturated heterocycles. The molecule has 0 unspecified atom stereocenters. The van der Waals surface area contributed by atoms with E-state index in [0.29, 0.717) is 6.42 Å². The molecule has 0 N–H and O–H groups in total. The van der Waals surface area contributed by atoms with Crippen LogP contribution in [0.25, 0.3) is 0 Å². The molecule has 0 spiro atoms. The van der Waals surface area contributed by atoms with Crippen molar-refractivity contribution in [2.45, 2.75) is 38.5 Å². The second-order valence-corrected chi connectivity index (χ2v) is 7.07. The molecule has 1 fully saturated rings. The smallest absolute Gasteiger partial charge is 0.222 e. The topological polar surface area (TPSA) is 42.4 Å². The summed E-state index contributed by atoms with van der Waals surface area (Å²) in [5.41, 5.74) is 2.50. The van der Waals surface area contributed by atoms with Crippen LogP contribution in [0, 0.1) is 5.92 Å². The van der Waals surface area contributed by atoms with Gasteiger partial charge in [-0.1, -0.05) is 18.2 Å². The highest BCUT2D eigenvalue weighted by Crippen LogP contribution is 2.23. The number of rotatable bonds is 7. The average molecular weight is 352 g/mol. The van der Waals surface area contributed by atoms with E-state index < -0.39 is 0 Å². The summed E-state index contributed by atoms with van der Waals surface area (Å²) in [6, 6.07) is 12.3. The summed E-state index contributed by atoms with van der Waals surface area (Å²) in [7, 11) is 1.70. The van der Waals surface area contributed by atoms with Crippen LogP contribution in [0.2, 0.25) is 0 Å². The number of carbonyl (C=O) groups is 1. The third-order valence-corrected chi connectivity index (χ3v) is 5.32. The summed E-state index contributed by atoms with van der Waals surface area (Å²) in [6.07, 6.45) is 9.52. The molecule has 0 atom stereocenters. The minimum atomic E-state index is 0.280. The highest BCUT2D eigenvalue weighted by molar-refractivity contribution is 5.76. The Morgan fingerprint density at radius 3 is 2.54 bits per heavy atom. The fraction of sp³-hybridized carbons (Fsp3) is 0.455. The Balaban J connectivity index is 1.37. The van der Waals surface area contributed by atoms with Gasteiger partial charge in [0.15, 0.2) is 0 Å². The van der Waals surface area contributed by atoms with Gasteiger partial charge in [-0.2, -0.15) is 0 Å². The van der Waals surface area contributed by atoms with E-state index in [4.69, 9.17) is 4.74 Å². The molecule has 1 amide bonds. The Hall–Kier alpha value is -2.36. The molecule has 2 heterocycles. The monoisotopic (exact) mass is 352 g/mol. The van der Waals surface area contributed by atoms with E-state index in [9.17, 15) is 4.79 Å². The second-order valence-electron chi connectivity index (χ2n) is 7.07. The summed E-state index contributed by atoms with van der Waals surface area (Å²) in [5, 5.41) is 0. The quantitative estimate of drug-likeness (QED) is 0.759. The molecule has 0 aliphatic carbocycles. The largest absolute Gasteiger partial charge is 0.497 e. The lowest BCUT2D eigenvalue weighted by molar-refractivity contribution is -0.132. The van der Waals surface area contributed by atoms with Crippen LogP contribution in [0.15, 0.2) is 48.8 Å². The van der Waals surface area contributed by atoms with Crippen molar-refractivity contribution in [3.05, 3.63) is 59.9 Å². The van der Waals surface area contributed by atoms with Crippen LogP contribution in [-0.2, 0) is 17.6 Å². The Kier molecular flexibility index (Phi) is 6.64. The molecule has 4 nitrogen and oxygen atoms in total. The van der Waals surface area contributed by atoms with Crippen LogP contribution in [-0.4, -0.2) is 36.0 Å². The number of aryl methyl sites for hydroxylation is 2. The Bertz CT molecular complexity index is 677. The number of likely N-dealkylation sites (tertiary alicyclic amines) is 1. The van der Waals surface area contributed by atoms with Gasteiger partial charge in [0.1, 0.15) is 5.75 Å². The summed E-state index contributed by atoms with van der Waals surface area (Å²) in [4.78, 5) is 18.6. The molecule has 4 heteroatoms. The zero-order valence-corrected chi connectivity index (χ0v) is 15.6. The summed E-state index contributed by atoms with van der Waals surface area (Å²) in [5.74, 6) is 1.91. The van der Waals surface area contributed by atoms with Crippen molar-refractivity contribution in [1.82, 2.24) is 9.88 Å². The molecular weight excluding hydrogens is 324 g/mol. The first kappa shape index (κ1) is 18.4. The lowest BCUT2D eigenvalue weighted by Crippen LogP contribution is -2.38. The van der Waals surface area contributed by atoms with Gasteiger partial charge in [0.2, 0.25) is 5.91 Å². The molecule has 2 aromatic rings. The third-order valence-electron chi connectivity index (χ3n) is 5.32. The summed E-state index contributed by atoms with van der Waals surface area (Å²) in [6.45, 7) is 1.80. The summed E-state index contributed by atoms with van der Waals surface area (Å²) >= 11 is 0. The zero-order chi connectivity index (χ0) is 18.2. The molecule has 0 bridgehead atoms. The van der Waals surface area contributed by atoms with Gasteiger partial charge < -0.3 is 9.64 Å². The predicted octanol–water partition coefficient (Wildman–Crippen LogP) is 3.89. The maximum absolute atomic E-state index is 12.4. The number of nitrogens with zero attached hydrogens (tertiary/aromatic N) is 2. The molecule has 26 heavy (non-hydrogen) atoms. The first-order valence-corrected chi connectivity index (χ1v) is 9.54. The molecule has 3 rings (SSSR count). The van der Waals surface area contributed by atoms with Gasteiger partial charge in [0.05, 0.1) is 7.11 Å². The number of piperidine rings is 1. The first-order chi connectivity index (χ1) is 12.7. The van der Waals surface area contributed by atoms with Crippen molar-refractivity contribution in [2.75, 3.05) is 20.2 Å². The van der Waals surface area contributed by atoms with Crippen LogP contribution in [0.3, 0.4) is 0 Å². The van der Waals surface area contributed by atoms with Crippen molar-refractivity contribution in [2.24, 2.45) is 5.92 Å². The SMILES string of the molecule is COc1ccc(CCC2CCN(C(=O)CCc3cccnc3)CC2)cc1. The molecule has 1 aliphatic heterocycles. The highest BCUT2D eigenvalue weighted by Gasteiger charge is 2.22. The van der Waals surface area contributed by atoms with Crippen molar-refractivity contribution in [1.29, 1.82) is 0 Å². The van der Waals surface area contributed by atoms with E-state index in [1.54, 1.807) is 13.3 Å². The number of carbonyl (C=O) groups excluding carboxylic acids is 1. The van der Waals surface area contributed by atoms with Crippen molar-refractivity contribution >= 4 is 5.91 Å². The summed E-state index contributed by atoms with van der Waals surface area (Å²) < 4.78 is 5.20. The van der Waals surface area contributed by atoms with E-state index in [-0.39, 0.29) is 5.91 Å². The molecule has 0 radical (unpaired) electrons. The Morgan fingerprint density at radius 1 is 1.12 bits per heavy atom. The lowest BCUT2D eigenvalue weighted by atomic mass is 9.90. The predicted molar refractivity (Wildman–Crippen MR) is 103 cm³/mol. The molecule has 1 aromatic carbocycles. The van der Waals surface area contributed by atoms with Crippen LogP contribution in [0.1, 0.15) is 36.8 Å². The minimum Gasteiger partial charge on any atom is -0.497 e. The van der Waals surface area contributed by atoms with Crippen molar-refractivity contribution in [3.63, 3.8) is 0 Å². The van der Waals surface area contributed by atoms with Crippen LogP contribution < -0.4 is 4.74 Å². The zero-order valence-electron chi connectivity index (χ0n) is 15.6. The van der Waals surface area contributed by atoms with Crippen LogP contribution >= 0.6 is 0 Å². The first-order valence-electron chi connectivity index (χ1n) is 9.54. The standard InChI is InChI=1S/C22H28N2O2/c1-26-21-9-6-18(7-10-21)4-5-19-12-15-24(16-13-19)22(25)11-8-20-3-2-14-23-17-20/h2-3,6-7,9-10,14,17,19H,4-5,8,11-13,15-16H2,1H3. The number of hydrogen-bond donors (Lipinski definition) is 0. The van der Waals surface area contributed by atoms with E-state index in [1.165, 1.54) is 12.0 Å². The maximum atomic E-state index is 12.4. The lowest BCUT2D eigenvalue weighted by Gasteiger charge is -2.32. The third kappa shape index (κ3) is 5.32. The molecule has 0 saturated carbocycles. The second kappa shape index (κ2) is 9.37. The van der Waals surface area contributed by atoms with Gasteiger partial charge in [-0.05, 0) is 67.3 Å². The Morgan fingerprint density at radius 2 is 1.88 bits per heavy atom. The van der Waals surface area contributed by atoms with Crippen LogP contribution in [0.5, 0.6) is 5.75 Å². The van der Waals surface area contributed by atoms with Gasteiger partial charge in [-0.3, -0.25) is 9.78 Å². The van der Waals surface area contributed by atoms with Gasteiger partial charge in [-0.15, -0.1) is 0 Å². The van der Waals surface area contributed by atoms with Gasteiger partial charge in [0.25, 0.3) is 0 Å². The van der Waals surface area contributed by atoms with Crippen molar-refractivity contribution in [3.8, 4) is 5.75 Å². The molecule has 138 valence electrons. The van der Waals surface area contributed by atoms with Gasteiger partial charge >= 0.3 is 0 Å². The number of hydrogen-bond acceptors (Lipinski definition) is 3. The fourth-order valence-corrected chi connectivity index (χ4v) is 3.59. The van der Waals surface area contributed by atoms with Crippen LogP contribution in [0.4, 0.5) is 0 Å². The van der Waals surface area contributed by atoms with Gasteiger partial charge in [-0.25, -0.2) is 0 Å². The number of ether oxygens (including phenoxy) is 1. The van der Waals surface area contributed by atoms with Crippen molar-refractivity contribution < 1.29 is 9.53 Å². The number of pyridine rings is 1. The van der Waals surface area contributed by atoms with E-state index in [1.807, 2.05) is 35.4 Å². The highest BCUT2D eigenvalue weighted by atomic mass is 16.5. The van der Waals surface area contributed by atoms with E-state index >= 15 is 0 Å². The number of methoxy groups -OCH3 is 1. The molecular formula is C22H28N2O2. The number of aromatic nitrogens is 1. The number of benzene rings is 1. The van der Waals surface area contributed by atoms with Gasteiger partial charge in [0, 0.05) is 31.9 Å². The van der Waals surface area contributed by atoms with E-state index in [2.05, 4.69) is 17.1 Å². The minimum absolute atomic E-state index is 0.280. The fourth-order valence-electron chi connectivity index (χ4n) is 3.59. The normalized spacial score (nSPS) is 15.0. The molecule has 1 aromatic heterocycles.